The van der Waals surface area contributed by atoms with Crippen LogP contribution in [0.4, 0.5) is 5.82 Å². The predicted molar refractivity (Wildman–Crippen MR) is 118 cm³/mol. The Hall–Kier alpha value is -1.10. The minimum absolute atomic E-state index is 0. The van der Waals surface area contributed by atoms with Gasteiger partial charge in [0.15, 0.2) is 5.96 Å². The quantitative estimate of drug-likeness (QED) is 0.341. The number of sulfone groups is 1. The first-order valence-electron chi connectivity index (χ1n) is 8.72. The number of pyridine rings is 1. The van der Waals surface area contributed by atoms with E-state index in [1.54, 1.807) is 7.05 Å². The van der Waals surface area contributed by atoms with Crippen molar-refractivity contribution in [3.8, 4) is 0 Å². The lowest BCUT2D eigenvalue weighted by atomic mass is 10.2. The van der Waals surface area contributed by atoms with Gasteiger partial charge in [-0.05, 0) is 43.9 Å². The number of anilines is 1. The summed E-state index contributed by atoms with van der Waals surface area (Å²) >= 11 is 0. The highest BCUT2D eigenvalue weighted by Gasteiger charge is 2.14. The second-order valence-corrected chi connectivity index (χ2v) is 8.87. The summed E-state index contributed by atoms with van der Waals surface area (Å²) in [4.78, 5) is 11.0. The topological polar surface area (TPSA) is 86.7 Å². The van der Waals surface area contributed by atoms with Crippen LogP contribution in [0.3, 0.4) is 0 Å². The largest absolute Gasteiger partial charge is 0.357 e. The molecular weight excluding hydrogens is 465 g/mol. The maximum absolute atomic E-state index is 11.3. The highest BCUT2D eigenvalue weighted by Crippen LogP contribution is 2.18. The Morgan fingerprint density at radius 1 is 1.38 bits per heavy atom. The Morgan fingerprint density at radius 3 is 2.69 bits per heavy atom. The summed E-state index contributed by atoms with van der Waals surface area (Å²) in [6, 6.07) is 4.13. The third-order valence-corrected chi connectivity index (χ3v) is 5.21. The van der Waals surface area contributed by atoms with E-state index < -0.39 is 9.84 Å². The Bertz CT molecular complexity index is 690. The molecule has 0 spiro atoms. The van der Waals surface area contributed by atoms with Crippen LogP contribution in [0.15, 0.2) is 23.3 Å². The highest BCUT2D eigenvalue weighted by atomic mass is 127. The molecule has 1 unspecified atom stereocenters. The third kappa shape index (κ3) is 8.07. The normalized spacial score (nSPS) is 16.1. The molecule has 2 N–H and O–H groups in total. The summed E-state index contributed by atoms with van der Waals surface area (Å²) in [5.41, 5.74) is 1.14. The second-order valence-electron chi connectivity index (χ2n) is 6.61. The molecular formula is C17H30IN5O2S. The Morgan fingerprint density at radius 2 is 2.08 bits per heavy atom. The van der Waals surface area contributed by atoms with E-state index in [1.165, 1.54) is 19.1 Å². The van der Waals surface area contributed by atoms with Gasteiger partial charge in [0.2, 0.25) is 0 Å². The monoisotopic (exact) mass is 495 g/mol. The van der Waals surface area contributed by atoms with E-state index in [2.05, 4.69) is 31.6 Å². The zero-order valence-electron chi connectivity index (χ0n) is 15.7. The molecule has 1 aromatic heterocycles. The lowest BCUT2D eigenvalue weighted by molar-refractivity contribution is 0.581. The number of halogens is 1. The molecule has 1 aliphatic rings. The fourth-order valence-corrected chi connectivity index (χ4v) is 3.55. The fraction of sp³-hybridized carbons (Fsp3) is 0.647. The van der Waals surface area contributed by atoms with Gasteiger partial charge < -0.3 is 15.5 Å². The van der Waals surface area contributed by atoms with E-state index in [-0.39, 0.29) is 35.8 Å². The first-order chi connectivity index (χ1) is 11.9. The van der Waals surface area contributed by atoms with Crippen LogP contribution in [0.2, 0.25) is 0 Å². The molecule has 1 atom stereocenters. The van der Waals surface area contributed by atoms with Crippen molar-refractivity contribution in [3.05, 3.63) is 23.9 Å². The molecule has 0 aromatic carbocycles. The molecule has 2 rings (SSSR count). The second kappa shape index (κ2) is 10.9. The zero-order valence-corrected chi connectivity index (χ0v) is 18.9. The molecule has 9 heteroatoms. The van der Waals surface area contributed by atoms with Crippen molar-refractivity contribution < 1.29 is 8.42 Å². The lowest BCUT2D eigenvalue weighted by Crippen LogP contribution is -2.42. The zero-order chi connectivity index (χ0) is 18.3. The number of nitrogens with one attached hydrogen (secondary N) is 2. The Labute approximate surface area is 174 Å². The average Bonchev–Trinajstić information content (AvgIpc) is 3.11. The van der Waals surface area contributed by atoms with Crippen LogP contribution in [-0.2, 0) is 16.4 Å². The number of guanidine groups is 1. The van der Waals surface area contributed by atoms with Crippen LogP contribution in [-0.4, -0.2) is 57.5 Å². The van der Waals surface area contributed by atoms with Crippen LogP contribution in [0.1, 0.15) is 31.7 Å². The summed E-state index contributed by atoms with van der Waals surface area (Å²) in [5.74, 6) is 1.86. The van der Waals surface area contributed by atoms with Gasteiger partial charge in [0.1, 0.15) is 15.7 Å². The number of rotatable bonds is 7. The summed E-state index contributed by atoms with van der Waals surface area (Å²) < 4.78 is 22.5. The maximum atomic E-state index is 11.3. The SMILES string of the molecule is CN=C(NCc1ccnc(N2CCCC2)c1)NC(C)CCS(C)(=O)=O.I. The van der Waals surface area contributed by atoms with Crippen molar-refractivity contribution in [1.29, 1.82) is 0 Å². The van der Waals surface area contributed by atoms with Gasteiger partial charge in [-0.2, -0.15) is 0 Å². The van der Waals surface area contributed by atoms with Crippen molar-refractivity contribution in [2.24, 2.45) is 4.99 Å². The van der Waals surface area contributed by atoms with E-state index in [0.29, 0.717) is 18.9 Å². The van der Waals surface area contributed by atoms with Gasteiger partial charge in [0, 0.05) is 45.2 Å². The van der Waals surface area contributed by atoms with Crippen LogP contribution in [0, 0.1) is 0 Å². The van der Waals surface area contributed by atoms with Crippen molar-refractivity contribution in [2.45, 2.75) is 38.8 Å². The van der Waals surface area contributed by atoms with Crippen LogP contribution in [0.5, 0.6) is 0 Å². The van der Waals surface area contributed by atoms with Crippen molar-refractivity contribution >= 4 is 45.6 Å². The predicted octanol–water partition coefficient (Wildman–Crippen LogP) is 1.79. The maximum Gasteiger partial charge on any atom is 0.191 e. The number of nitrogens with zero attached hydrogens (tertiary/aromatic N) is 3. The summed E-state index contributed by atoms with van der Waals surface area (Å²) in [7, 11) is -1.23. The lowest BCUT2D eigenvalue weighted by Gasteiger charge is -2.19. The van der Waals surface area contributed by atoms with Gasteiger partial charge in [0.25, 0.3) is 0 Å². The molecule has 26 heavy (non-hydrogen) atoms. The molecule has 0 bridgehead atoms. The van der Waals surface area contributed by atoms with Crippen LogP contribution >= 0.6 is 24.0 Å². The third-order valence-electron chi connectivity index (χ3n) is 4.23. The van der Waals surface area contributed by atoms with Crippen LogP contribution < -0.4 is 15.5 Å². The molecule has 7 nitrogen and oxygen atoms in total. The molecule has 1 fully saturated rings. The minimum atomic E-state index is -2.94. The number of hydrogen-bond donors (Lipinski definition) is 2. The highest BCUT2D eigenvalue weighted by molar-refractivity contribution is 14.0. The van der Waals surface area contributed by atoms with E-state index >= 15 is 0 Å². The molecule has 0 saturated carbocycles. The van der Waals surface area contributed by atoms with E-state index in [9.17, 15) is 8.42 Å². The summed E-state index contributed by atoms with van der Waals surface area (Å²) in [6.07, 6.45) is 6.11. The number of aliphatic imine (C=N–C) groups is 1. The summed E-state index contributed by atoms with van der Waals surface area (Å²) in [5, 5.41) is 6.50. The first kappa shape index (κ1) is 22.9. The molecule has 0 radical (unpaired) electrons. The number of hydrogen-bond acceptors (Lipinski definition) is 5. The molecule has 0 amide bonds. The Kier molecular flexibility index (Phi) is 9.62. The van der Waals surface area contributed by atoms with Crippen molar-refractivity contribution in [2.75, 3.05) is 37.0 Å². The molecule has 1 aromatic rings. The first-order valence-corrected chi connectivity index (χ1v) is 10.8. The smallest absolute Gasteiger partial charge is 0.191 e. The molecule has 1 saturated heterocycles. The van der Waals surface area contributed by atoms with Gasteiger partial charge in [-0.3, -0.25) is 4.99 Å². The van der Waals surface area contributed by atoms with E-state index in [4.69, 9.17) is 0 Å². The molecule has 1 aliphatic heterocycles. The van der Waals surface area contributed by atoms with Gasteiger partial charge in [0.05, 0.1) is 5.75 Å². The standard InChI is InChI=1S/C17H29N5O2S.HI/c1-14(7-11-25(3,23)24)21-17(18-2)20-13-15-6-8-19-16(12-15)22-9-4-5-10-22;/h6,8,12,14H,4-5,7,9-11,13H2,1-3H3,(H2,18,20,21);1H. The minimum Gasteiger partial charge on any atom is -0.357 e. The van der Waals surface area contributed by atoms with Crippen molar-refractivity contribution in [1.82, 2.24) is 15.6 Å². The number of aromatic nitrogens is 1. The molecule has 2 heterocycles. The molecule has 0 aliphatic carbocycles. The van der Waals surface area contributed by atoms with Gasteiger partial charge in [-0.15, -0.1) is 24.0 Å². The van der Waals surface area contributed by atoms with E-state index in [1.807, 2.05) is 19.2 Å². The van der Waals surface area contributed by atoms with Crippen LogP contribution in [0.25, 0.3) is 0 Å². The van der Waals surface area contributed by atoms with Gasteiger partial charge in [-0.25, -0.2) is 13.4 Å². The summed E-state index contributed by atoms with van der Waals surface area (Å²) in [6.45, 7) is 4.74. The Balaban J connectivity index is 0.00000338. The molecule has 148 valence electrons. The average molecular weight is 495 g/mol. The van der Waals surface area contributed by atoms with Crippen molar-refractivity contribution in [3.63, 3.8) is 0 Å². The van der Waals surface area contributed by atoms with Gasteiger partial charge >= 0.3 is 0 Å². The van der Waals surface area contributed by atoms with Gasteiger partial charge in [-0.1, -0.05) is 0 Å². The van der Waals surface area contributed by atoms with E-state index in [0.717, 1.165) is 24.5 Å². The fourth-order valence-electron chi connectivity index (χ4n) is 2.77.